The van der Waals surface area contributed by atoms with Gasteiger partial charge in [0.2, 0.25) is 0 Å². The number of hydrogen-bond donors (Lipinski definition) is 1. The first kappa shape index (κ1) is 23.0. The second-order valence-electron chi connectivity index (χ2n) is 9.04. The number of halogens is 1. The van der Waals surface area contributed by atoms with Gasteiger partial charge in [-0.2, -0.15) is 5.10 Å². The number of benzene rings is 1. The monoisotopic (exact) mass is 450 g/mol. The second-order valence-corrected chi connectivity index (χ2v) is 9.04. The summed E-state index contributed by atoms with van der Waals surface area (Å²) in [4.78, 5) is 24.5. The molecule has 8 heteroatoms. The summed E-state index contributed by atoms with van der Waals surface area (Å²) in [6, 6.07) is 6.75. The molecule has 1 fully saturated rings. The van der Waals surface area contributed by atoms with E-state index >= 15 is 0 Å². The average Bonchev–Trinajstić information content (AvgIpc) is 3.41. The molecular formula is C25H31FN6O. The molecule has 7 nitrogen and oxygen atoms in total. The minimum absolute atomic E-state index is 0.0355. The van der Waals surface area contributed by atoms with E-state index in [1.807, 2.05) is 20.8 Å². The van der Waals surface area contributed by atoms with E-state index in [2.05, 4.69) is 27.3 Å². The van der Waals surface area contributed by atoms with Crippen LogP contribution in [0.3, 0.4) is 0 Å². The van der Waals surface area contributed by atoms with Crippen LogP contribution in [0.2, 0.25) is 0 Å². The van der Waals surface area contributed by atoms with Crippen LogP contribution in [0.5, 0.6) is 0 Å². The van der Waals surface area contributed by atoms with E-state index in [1.54, 1.807) is 29.2 Å². The van der Waals surface area contributed by atoms with Gasteiger partial charge in [0, 0.05) is 24.3 Å². The van der Waals surface area contributed by atoms with E-state index < -0.39 is 0 Å². The Hall–Kier alpha value is -3.13. The normalized spacial score (nSPS) is 16.5. The van der Waals surface area contributed by atoms with Gasteiger partial charge in [0.05, 0.1) is 23.1 Å². The number of amides is 1. The molecule has 0 spiro atoms. The number of likely N-dealkylation sites (tertiary alicyclic amines) is 1. The molecule has 1 aliphatic rings. The van der Waals surface area contributed by atoms with Crippen LogP contribution in [-0.4, -0.2) is 56.7 Å². The molecule has 1 atom stereocenters. The Labute approximate surface area is 194 Å². The summed E-state index contributed by atoms with van der Waals surface area (Å²) in [5, 5.41) is 7.53. The minimum atomic E-state index is -0.296. The maximum absolute atomic E-state index is 13.4. The largest absolute Gasteiger partial charge is 0.352 e. The number of nitrogens with zero attached hydrogens (tertiary/aromatic N) is 5. The van der Waals surface area contributed by atoms with Gasteiger partial charge >= 0.3 is 0 Å². The molecule has 3 aromatic rings. The van der Waals surface area contributed by atoms with Gasteiger partial charge < -0.3 is 10.2 Å². The highest BCUT2D eigenvalue weighted by Crippen LogP contribution is 2.25. The minimum Gasteiger partial charge on any atom is -0.352 e. The Balaban J connectivity index is 1.58. The van der Waals surface area contributed by atoms with Crippen molar-refractivity contribution in [1.29, 1.82) is 0 Å². The van der Waals surface area contributed by atoms with Crippen molar-refractivity contribution in [1.82, 2.24) is 30.0 Å². The van der Waals surface area contributed by atoms with Crippen LogP contribution >= 0.6 is 0 Å². The molecule has 174 valence electrons. The Kier molecular flexibility index (Phi) is 6.83. The molecule has 4 rings (SSSR count). The van der Waals surface area contributed by atoms with Crippen molar-refractivity contribution in [2.75, 3.05) is 20.1 Å². The summed E-state index contributed by atoms with van der Waals surface area (Å²) >= 11 is 0. The summed E-state index contributed by atoms with van der Waals surface area (Å²) in [5.74, 6) is -0.00445. The number of nitrogens with one attached hydrogen (secondary N) is 1. The molecule has 1 unspecified atom stereocenters. The lowest BCUT2D eigenvalue weighted by Crippen LogP contribution is -2.32. The fourth-order valence-electron chi connectivity index (χ4n) is 4.47. The van der Waals surface area contributed by atoms with E-state index in [-0.39, 0.29) is 17.6 Å². The molecule has 0 radical (unpaired) electrons. The molecule has 1 aromatic carbocycles. The zero-order chi connectivity index (χ0) is 23.5. The maximum Gasteiger partial charge on any atom is 0.254 e. The predicted octanol–water partition coefficient (Wildman–Crippen LogP) is 4.11. The van der Waals surface area contributed by atoms with Crippen LogP contribution in [0.1, 0.15) is 60.6 Å². The van der Waals surface area contributed by atoms with E-state index in [4.69, 9.17) is 4.98 Å². The fourth-order valence-corrected chi connectivity index (χ4v) is 4.47. The standard InChI is InChI=1S/C25H31FN6O/c1-16(2)23-21(24(33)27-12-11-20-6-5-13-31(20)4)15-29-32(23)25-28-14-17(3)22(30-25)18-7-9-19(26)10-8-18/h7-10,14-16,20H,5-6,11-13H2,1-4H3,(H,27,33). The Bertz CT molecular complexity index is 1120. The molecule has 1 saturated heterocycles. The molecule has 1 N–H and O–H groups in total. The van der Waals surface area contributed by atoms with Crippen molar-refractivity contribution >= 4 is 5.91 Å². The topological polar surface area (TPSA) is 75.9 Å². The van der Waals surface area contributed by atoms with Gasteiger partial charge in [-0.25, -0.2) is 19.0 Å². The molecule has 0 bridgehead atoms. The lowest BCUT2D eigenvalue weighted by molar-refractivity contribution is 0.0949. The molecule has 0 saturated carbocycles. The highest BCUT2D eigenvalue weighted by Gasteiger charge is 2.24. The van der Waals surface area contributed by atoms with E-state index in [1.165, 1.54) is 25.0 Å². The van der Waals surface area contributed by atoms with Crippen LogP contribution in [0.4, 0.5) is 4.39 Å². The third-order valence-electron chi connectivity index (χ3n) is 6.30. The second kappa shape index (κ2) is 9.79. The van der Waals surface area contributed by atoms with Crippen LogP contribution in [0, 0.1) is 12.7 Å². The summed E-state index contributed by atoms with van der Waals surface area (Å²) < 4.78 is 15.0. The number of hydrogen-bond acceptors (Lipinski definition) is 5. The van der Waals surface area contributed by atoms with Crippen molar-refractivity contribution in [3.8, 4) is 17.2 Å². The SMILES string of the molecule is Cc1cnc(-n2ncc(C(=O)NCCC3CCCN3C)c2C(C)C)nc1-c1ccc(F)cc1. The van der Waals surface area contributed by atoms with Crippen molar-refractivity contribution in [2.24, 2.45) is 0 Å². The molecule has 3 heterocycles. The zero-order valence-electron chi connectivity index (χ0n) is 19.7. The highest BCUT2D eigenvalue weighted by atomic mass is 19.1. The van der Waals surface area contributed by atoms with E-state index in [0.717, 1.165) is 29.8 Å². The van der Waals surface area contributed by atoms with Gasteiger partial charge in [0.25, 0.3) is 11.9 Å². The smallest absolute Gasteiger partial charge is 0.254 e. The predicted molar refractivity (Wildman–Crippen MR) is 126 cm³/mol. The molecule has 0 aliphatic carbocycles. The Morgan fingerprint density at radius 2 is 2.00 bits per heavy atom. The van der Waals surface area contributed by atoms with Gasteiger partial charge in [0.15, 0.2) is 0 Å². The molecular weight excluding hydrogens is 419 g/mol. The zero-order valence-corrected chi connectivity index (χ0v) is 19.7. The third-order valence-corrected chi connectivity index (χ3v) is 6.30. The summed E-state index contributed by atoms with van der Waals surface area (Å²) in [7, 11) is 2.14. The average molecular weight is 451 g/mol. The maximum atomic E-state index is 13.4. The van der Waals surface area contributed by atoms with Crippen molar-refractivity contribution in [2.45, 2.75) is 52.0 Å². The van der Waals surface area contributed by atoms with Crippen molar-refractivity contribution in [3.63, 3.8) is 0 Å². The van der Waals surface area contributed by atoms with E-state index in [0.29, 0.717) is 29.8 Å². The third kappa shape index (κ3) is 4.95. The molecule has 2 aromatic heterocycles. The summed E-state index contributed by atoms with van der Waals surface area (Å²) in [5.41, 5.74) is 3.68. The number of carbonyl (C=O) groups is 1. The first-order valence-electron chi connectivity index (χ1n) is 11.5. The lowest BCUT2D eigenvalue weighted by Gasteiger charge is -2.19. The van der Waals surface area contributed by atoms with Crippen LogP contribution in [0.15, 0.2) is 36.7 Å². The molecule has 1 amide bonds. The number of rotatable bonds is 7. The number of aromatic nitrogens is 4. The van der Waals surface area contributed by atoms with Gasteiger partial charge in [0.1, 0.15) is 5.82 Å². The first-order valence-corrected chi connectivity index (χ1v) is 11.5. The first-order chi connectivity index (χ1) is 15.8. The molecule has 33 heavy (non-hydrogen) atoms. The van der Waals surface area contributed by atoms with Gasteiger partial charge in [-0.05, 0) is 75.5 Å². The van der Waals surface area contributed by atoms with Crippen molar-refractivity contribution in [3.05, 3.63) is 59.3 Å². The lowest BCUT2D eigenvalue weighted by atomic mass is 10.1. The Morgan fingerprint density at radius 1 is 1.24 bits per heavy atom. The van der Waals surface area contributed by atoms with Gasteiger partial charge in [-0.1, -0.05) is 13.8 Å². The van der Waals surface area contributed by atoms with Crippen molar-refractivity contribution < 1.29 is 9.18 Å². The fraction of sp³-hybridized carbons (Fsp3) is 0.440. The Morgan fingerprint density at radius 3 is 2.67 bits per heavy atom. The van der Waals surface area contributed by atoms with Gasteiger partial charge in [-0.15, -0.1) is 0 Å². The van der Waals surface area contributed by atoms with Crippen LogP contribution in [-0.2, 0) is 0 Å². The number of aryl methyl sites for hydroxylation is 1. The number of carbonyl (C=O) groups excluding carboxylic acids is 1. The molecule has 1 aliphatic heterocycles. The summed E-state index contributed by atoms with van der Waals surface area (Å²) in [6.45, 7) is 7.71. The highest BCUT2D eigenvalue weighted by molar-refractivity contribution is 5.95. The van der Waals surface area contributed by atoms with Crippen LogP contribution in [0.25, 0.3) is 17.2 Å². The van der Waals surface area contributed by atoms with E-state index in [9.17, 15) is 9.18 Å². The van der Waals surface area contributed by atoms with Gasteiger partial charge in [-0.3, -0.25) is 4.79 Å². The summed E-state index contributed by atoms with van der Waals surface area (Å²) in [6.07, 6.45) is 6.66. The quantitative estimate of drug-likeness (QED) is 0.586. The van der Waals surface area contributed by atoms with Crippen LogP contribution < -0.4 is 5.32 Å².